The molecule has 114 valence electrons. The zero-order valence-electron chi connectivity index (χ0n) is 11.6. The fourth-order valence-electron chi connectivity index (χ4n) is 2.79. The van der Waals surface area contributed by atoms with Crippen molar-refractivity contribution in [2.45, 2.75) is 38.6 Å². The molecule has 1 saturated carbocycles. The van der Waals surface area contributed by atoms with Crippen molar-refractivity contribution < 1.29 is 14.8 Å². The maximum Gasteiger partial charge on any atom is 0.311 e. The Morgan fingerprint density at radius 2 is 2.24 bits per heavy atom. The Bertz CT molecular complexity index is 578. The van der Waals surface area contributed by atoms with Crippen molar-refractivity contribution in [2.24, 2.45) is 5.41 Å². The fourth-order valence-corrected chi connectivity index (χ4v) is 3.15. The van der Waals surface area contributed by atoms with Crippen molar-refractivity contribution in [3.05, 3.63) is 32.8 Å². The molecule has 2 rings (SSSR count). The maximum absolute atomic E-state index is 11.6. The van der Waals surface area contributed by atoms with Gasteiger partial charge in [0.25, 0.3) is 5.69 Å². The first-order valence-corrected chi connectivity index (χ1v) is 7.58. The molecule has 0 aliphatic heterocycles. The molecular formula is C14H17BrN2O4. The summed E-state index contributed by atoms with van der Waals surface area (Å²) in [6, 6.07) is 4.31. The van der Waals surface area contributed by atoms with Gasteiger partial charge in [-0.25, -0.2) is 0 Å². The van der Waals surface area contributed by atoms with Gasteiger partial charge in [-0.15, -0.1) is 0 Å². The van der Waals surface area contributed by atoms with Crippen molar-refractivity contribution >= 4 is 33.3 Å². The maximum atomic E-state index is 11.6. The predicted molar refractivity (Wildman–Crippen MR) is 82.4 cm³/mol. The normalized spacial score (nSPS) is 25.3. The summed E-state index contributed by atoms with van der Waals surface area (Å²) in [7, 11) is 0. The fraction of sp³-hybridized carbons (Fsp3) is 0.500. The molecule has 0 saturated heterocycles. The quantitative estimate of drug-likeness (QED) is 0.632. The third kappa shape index (κ3) is 3.18. The highest BCUT2D eigenvalue weighted by atomic mass is 79.9. The number of aliphatic carboxylic acids is 1. The molecule has 2 unspecified atom stereocenters. The lowest BCUT2D eigenvalue weighted by Crippen LogP contribution is -2.46. The second-order valence-electron chi connectivity index (χ2n) is 5.58. The van der Waals surface area contributed by atoms with E-state index in [0.717, 1.165) is 12.8 Å². The lowest BCUT2D eigenvalue weighted by atomic mass is 9.71. The van der Waals surface area contributed by atoms with Gasteiger partial charge >= 0.3 is 5.97 Å². The smallest absolute Gasteiger partial charge is 0.311 e. The molecule has 1 aromatic rings. The largest absolute Gasteiger partial charge is 0.481 e. The number of hydrogen-bond acceptors (Lipinski definition) is 4. The lowest BCUT2D eigenvalue weighted by Gasteiger charge is -2.38. The Labute approximate surface area is 130 Å². The number of nitrogens with one attached hydrogen (secondary N) is 1. The number of rotatable bonds is 4. The number of anilines is 1. The van der Waals surface area contributed by atoms with E-state index in [-0.39, 0.29) is 11.7 Å². The van der Waals surface area contributed by atoms with Crippen LogP contribution in [-0.4, -0.2) is 22.0 Å². The van der Waals surface area contributed by atoms with E-state index in [2.05, 4.69) is 21.2 Å². The van der Waals surface area contributed by atoms with Gasteiger partial charge < -0.3 is 10.4 Å². The molecule has 7 heteroatoms. The molecule has 1 aliphatic carbocycles. The van der Waals surface area contributed by atoms with Crippen molar-refractivity contribution in [3.8, 4) is 0 Å². The Kier molecular flexibility index (Phi) is 4.51. The molecular weight excluding hydrogens is 340 g/mol. The number of carbonyl (C=O) groups is 1. The molecule has 1 aromatic carbocycles. The van der Waals surface area contributed by atoms with E-state index < -0.39 is 16.3 Å². The number of hydrogen-bond donors (Lipinski definition) is 2. The Hall–Kier alpha value is -1.63. The SMILES string of the molecule is CC1(C(=O)O)CCCCC1Nc1cc(Br)ccc1[N+](=O)[O-]. The van der Waals surface area contributed by atoms with Crippen LogP contribution in [0.15, 0.2) is 22.7 Å². The lowest BCUT2D eigenvalue weighted by molar-refractivity contribution is -0.384. The Morgan fingerprint density at radius 1 is 1.52 bits per heavy atom. The number of benzene rings is 1. The third-order valence-corrected chi connectivity index (χ3v) is 4.67. The van der Waals surface area contributed by atoms with Crippen LogP contribution in [0.1, 0.15) is 32.6 Å². The summed E-state index contributed by atoms with van der Waals surface area (Å²) in [4.78, 5) is 22.2. The second-order valence-corrected chi connectivity index (χ2v) is 6.50. The molecule has 0 radical (unpaired) electrons. The van der Waals surface area contributed by atoms with E-state index >= 15 is 0 Å². The van der Waals surface area contributed by atoms with Crippen molar-refractivity contribution in [3.63, 3.8) is 0 Å². The topological polar surface area (TPSA) is 92.5 Å². The molecule has 1 fully saturated rings. The molecule has 2 atom stereocenters. The van der Waals surface area contributed by atoms with Crippen LogP contribution in [0, 0.1) is 15.5 Å². The minimum atomic E-state index is -0.908. The Morgan fingerprint density at radius 3 is 2.86 bits per heavy atom. The van der Waals surface area contributed by atoms with Crippen LogP contribution in [0.3, 0.4) is 0 Å². The summed E-state index contributed by atoms with van der Waals surface area (Å²) in [5.74, 6) is -0.864. The molecule has 0 aromatic heterocycles. The molecule has 0 bridgehead atoms. The van der Waals surface area contributed by atoms with Crippen LogP contribution in [0.25, 0.3) is 0 Å². The van der Waals surface area contributed by atoms with Crippen LogP contribution in [0.2, 0.25) is 0 Å². The molecule has 1 aliphatic rings. The molecule has 0 spiro atoms. The summed E-state index contributed by atoms with van der Waals surface area (Å²) >= 11 is 3.29. The summed E-state index contributed by atoms with van der Waals surface area (Å²) < 4.78 is 0.712. The highest BCUT2D eigenvalue weighted by Gasteiger charge is 2.43. The first-order valence-electron chi connectivity index (χ1n) is 6.78. The van der Waals surface area contributed by atoms with Gasteiger partial charge in [-0.05, 0) is 31.9 Å². The minimum absolute atomic E-state index is 0.0449. The average Bonchev–Trinajstić information content (AvgIpc) is 2.41. The Balaban J connectivity index is 2.33. The van der Waals surface area contributed by atoms with Gasteiger partial charge in [-0.2, -0.15) is 0 Å². The number of nitro benzene ring substituents is 1. The van der Waals surface area contributed by atoms with Crippen molar-refractivity contribution in [2.75, 3.05) is 5.32 Å². The number of nitrogens with zero attached hydrogens (tertiary/aromatic N) is 1. The molecule has 2 N–H and O–H groups in total. The summed E-state index contributed by atoms with van der Waals surface area (Å²) in [5.41, 5.74) is -0.598. The van der Waals surface area contributed by atoms with Crippen LogP contribution >= 0.6 is 15.9 Å². The highest BCUT2D eigenvalue weighted by Crippen LogP contribution is 2.40. The van der Waals surface area contributed by atoms with E-state index in [1.54, 1.807) is 19.1 Å². The molecule has 6 nitrogen and oxygen atoms in total. The van der Waals surface area contributed by atoms with Crippen LogP contribution < -0.4 is 5.32 Å². The van der Waals surface area contributed by atoms with Crippen molar-refractivity contribution in [1.29, 1.82) is 0 Å². The number of carboxylic acids is 1. The molecule has 0 heterocycles. The first-order chi connectivity index (χ1) is 9.84. The van der Waals surface area contributed by atoms with Gasteiger partial charge in [0.05, 0.1) is 10.3 Å². The molecule has 21 heavy (non-hydrogen) atoms. The zero-order valence-corrected chi connectivity index (χ0v) is 13.2. The van der Waals surface area contributed by atoms with Crippen molar-refractivity contribution in [1.82, 2.24) is 0 Å². The van der Waals surface area contributed by atoms with E-state index in [9.17, 15) is 20.0 Å². The van der Waals surface area contributed by atoms with E-state index in [1.165, 1.54) is 6.07 Å². The monoisotopic (exact) mass is 356 g/mol. The summed E-state index contributed by atoms with van der Waals surface area (Å²) in [6.45, 7) is 1.70. The third-order valence-electron chi connectivity index (χ3n) is 4.18. The summed E-state index contributed by atoms with van der Waals surface area (Å²) in [6.07, 6.45) is 3.04. The van der Waals surface area contributed by atoms with Crippen LogP contribution in [-0.2, 0) is 4.79 Å². The van der Waals surface area contributed by atoms with Gasteiger partial charge in [-0.1, -0.05) is 28.8 Å². The number of carboxylic acid groups (broad SMARTS) is 1. The van der Waals surface area contributed by atoms with E-state index in [1.807, 2.05) is 0 Å². The molecule has 0 amide bonds. The van der Waals surface area contributed by atoms with Gasteiger partial charge in [0.2, 0.25) is 0 Å². The zero-order chi connectivity index (χ0) is 15.6. The van der Waals surface area contributed by atoms with Crippen LogP contribution in [0.5, 0.6) is 0 Å². The standard InChI is InChI=1S/C14H17BrN2O4/c1-14(13(18)19)7-3-2-4-12(14)16-10-8-9(15)5-6-11(10)17(20)21/h5-6,8,12,16H,2-4,7H2,1H3,(H,18,19). The van der Waals surface area contributed by atoms with Gasteiger partial charge in [0.15, 0.2) is 0 Å². The van der Waals surface area contributed by atoms with E-state index in [0.29, 0.717) is 23.0 Å². The van der Waals surface area contributed by atoms with Crippen LogP contribution in [0.4, 0.5) is 11.4 Å². The number of halogens is 1. The van der Waals surface area contributed by atoms with Gasteiger partial charge in [-0.3, -0.25) is 14.9 Å². The van der Waals surface area contributed by atoms with Gasteiger partial charge in [0.1, 0.15) is 5.69 Å². The predicted octanol–water partition coefficient (Wildman–Crippen LogP) is 3.80. The number of nitro groups is 1. The first kappa shape index (κ1) is 15.8. The average molecular weight is 357 g/mol. The minimum Gasteiger partial charge on any atom is -0.481 e. The van der Waals surface area contributed by atoms with Gasteiger partial charge in [0, 0.05) is 16.6 Å². The summed E-state index contributed by atoms with van der Waals surface area (Å²) in [5, 5.41) is 23.7. The van der Waals surface area contributed by atoms with E-state index in [4.69, 9.17) is 0 Å². The highest BCUT2D eigenvalue weighted by molar-refractivity contribution is 9.10. The second kappa shape index (κ2) is 6.01.